The van der Waals surface area contributed by atoms with Gasteiger partial charge in [-0.15, -0.1) is 5.10 Å². The number of carbonyl (C=O) groups is 1. The molecule has 27 heavy (non-hydrogen) atoms. The molecule has 0 spiro atoms. The first-order valence-electron chi connectivity index (χ1n) is 9.14. The fourth-order valence-electron chi connectivity index (χ4n) is 3.16. The Morgan fingerprint density at radius 3 is 2.41 bits per heavy atom. The Labute approximate surface area is 159 Å². The number of rotatable bonds is 4. The molecular formula is C19H27N5O3. The average Bonchev–Trinajstić information content (AvgIpc) is 3.17. The standard InChI is InChI=1S/C19H27N5O3/c1-19(2,3)15-12-24(22-21-15)13-8-10-23(11-9-13)18(25)14-6-7-16(26-4)20-17(14)27-5/h6-7,12-13H,8-11H2,1-5H3. The number of amides is 1. The molecule has 0 atom stereocenters. The van der Waals surface area contributed by atoms with E-state index in [1.54, 1.807) is 12.1 Å². The summed E-state index contributed by atoms with van der Waals surface area (Å²) in [5.74, 6) is 0.630. The summed E-state index contributed by atoms with van der Waals surface area (Å²) >= 11 is 0. The number of hydrogen-bond donors (Lipinski definition) is 0. The van der Waals surface area contributed by atoms with E-state index < -0.39 is 0 Å². The van der Waals surface area contributed by atoms with Gasteiger partial charge in [0.2, 0.25) is 11.8 Å². The third-order valence-corrected chi connectivity index (χ3v) is 4.87. The van der Waals surface area contributed by atoms with Crippen LogP contribution in [0.25, 0.3) is 0 Å². The van der Waals surface area contributed by atoms with E-state index in [1.165, 1.54) is 14.2 Å². The summed E-state index contributed by atoms with van der Waals surface area (Å²) in [6.07, 6.45) is 3.70. The summed E-state index contributed by atoms with van der Waals surface area (Å²) in [6, 6.07) is 3.63. The number of piperidine rings is 1. The molecule has 1 fully saturated rings. The predicted molar refractivity (Wildman–Crippen MR) is 100 cm³/mol. The molecule has 3 heterocycles. The van der Waals surface area contributed by atoms with E-state index in [4.69, 9.17) is 9.47 Å². The van der Waals surface area contributed by atoms with E-state index in [-0.39, 0.29) is 23.2 Å². The third-order valence-electron chi connectivity index (χ3n) is 4.87. The molecule has 2 aromatic rings. The van der Waals surface area contributed by atoms with Crippen molar-refractivity contribution in [1.82, 2.24) is 24.9 Å². The lowest BCUT2D eigenvalue weighted by molar-refractivity contribution is 0.0685. The zero-order valence-corrected chi connectivity index (χ0v) is 16.6. The van der Waals surface area contributed by atoms with Gasteiger partial charge < -0.3 is 14.4 Å². The molecule has 0 radical (unpaired) electrons. The van der Waals surface area contributed by atoms with Gasteiger partial charge in [0.05, 0.1) is 26.0 Å². The zero-order chi connectivity index (χ0) is 19.6. The molecular weight excluding hydrogens is 346 g/mol. The minimum Gasteiger partial charge on any atom is -0.481 e. The molecule has 0 saturated carbocycles. The van der Waals surface area contributed by atoms with E-state index in [2.05, 4.69) is 36.1 Å². The molecule has 0 aromatic carbocycles. The van der Waals surface area contributed by atoms with Crippen molar-refractivity contribution < 1.29 is 14.3 Å². The quantitative estimate of drug-likeness (QED) is 0.819. The highest BCUT2D eigenvalue weighted by Crippen LogP contribution is 2.27. The Bertz CT molecular complexity index is 804. The first-order valence-corrected chi connectivity index (χ1v) is 9.14. The molecule has 1 saturated heterocycles. The van der Waals surface area contributed by atoms with Crippen molar-refractivity contribution in [1.29, 1.82) is 0 Å². The molecule has 1 amide bonds. The van der Waals surface area contributed by atoms with Gasteiger partial charge >= 0.3 is 0 Å². The highest BCUT2D eigenvalue weighted by Gasteiger charge is 2.28. The normalized spacial score (nSPS) is 15.7. The molecule has 1 aliphatic heterocycles. The maximum atomic E-state index is 12.9. The van der Waals surface area contributed by atoms with Crippen LogP contribution in [-0.4, -0.2) is 58.1 Å². The van der Waals surface area contributed by atoms with Crippen LogP contribution in [-0.2, 0) is 5.41 Å². The van der Waals surface area contributed by atoms with Crippen LogP contribution in [0.5, 0.6) is 11.8 Å². The number of pyridine rings is 1. The minimum atomic E-state index is -0.0746. The maximum Gasteiger partial charge on any atom is 0.259 e. The number of likely N-dealkylation sites (tertiary alicyclic amines) is 1. The van der Waals surface area contributed by atoms with Gasteiger partial charge in [0.15, 0.2) is 0 Å². The van der Waals surface area contributed by atoms with E-state index in [1.807, 2.05) is 15.8 Å². The number of nitrogens with zero attached hydrogens (tertiary/aromatic N) is 5. The maximum absolute atomic E-state index is 12.9. The van der Waals surface area contributed by atoms with Gasteiger partial charge in [-0.05, 0) is 18.9 Å². The molecule has 146 valence electrons. The Morgan fingerprint density at radius 2 is 1.85 bits per heavy atom. The Kier molecular flexibility index (Phi) is 5.34. The van der Waals surface area contributed by atoms with E-state index in [0.717, 1.165) is 18.5 Å². The van der Waals surface area contributed by atoms with E-state index in [9.17, 15) is 4.79 Å². The summed E-state index contributed by atoms with van der Waals surface area (Å²) in [7, 11) is 3.03. The van der Waals surface area contributed by atoms with Crippen LogP contribution in [0.1, 0.15) is 55.7 Å². The van der Waals surface area contributed by atoms with Crippen molar-refractivity contribution in [3.8, 4) is 11.8 Å². The van der Waals surface area contributed by atoms with Crippen LogP contribution >= 0.6 is 0 Å². The molecule has 8 nitrogen and oxygen atoms in total. The fraction of sp³-hybridized carbons (Fsp3) is 0.579. The highest BCUT2D eigenvalue weighted by atomic mass is 16.5. The number of carbonyl (C=O) groups excluding carboxylic acids is 1. The van der Waals surface area contributed by atoms with Crippen LogP contribution in [0.3, 0.4) is 0 Å². The summed E-state index contributed by atoms with van der Waals surface area (Å²) < 4.78 is 12.3. The van der Waals surface area contributed by atoms with Crippen LogP contribution in [0.2, 0.25) is 0 Å². The molecule has 0 N–H and O–H groups in total. The number of aromatic nitrogens is 4. The highest BCUT2D eigenvalue weighted by molar-refractivity contribution is 5.96. The summed E-state index contributed by atoms with van der Waals surface area (Å²) in [4.78, 5) is 18.9. The zero-order valence-electron chi connectivity index (χ0n) is 16.6. The number of hydrogen-bond acceptors (Lipinski definition) is 6. The third kappa shape index (κ3) is 4.04. The van der Waals surface area contributed by atoms with E-state index in [0.29, 0.717) is 24.5 Å². The van der Waals surface area contributed by atoms with Gasteiger partial charge in [0.25, 0.3) is 5.91 Å². The first kappa shape index (κ1) is 19.1. The number of ether oxygens (including phenoxy) is 2. The lowest BCUT2D eigenvalue weighted by Gasteiger charge is -2.32. The largest absolute Gasteiger partial charge is 0.481 e. The molecule has 3 rings (SSSR count). The van der Waals surface area contributed by atoms with Gasteiger partial charge in [0.1, 0.15) is 5.56 Å². The van der Waals surface area contributed by atoms with Gasteiger partial charge in [-0.1, -0.05) is 26.0 Å². The molecule has 1 aliphatic rings. The van der Waals surface area contributed by atoms with E-state index >= 15 is 0 Å². The minimum absolute atomic E-state index is 0.0210. The Hall–Kier alpha value is -2.64. The smallest absolute Gasteiger partial charge is 0.259 e. The molecule has 0 aliphatic carbocycles. The van der Waals surface area contributed by atoms with Crippen LogP contribution in [0.15, 0.2) is 18.3 Å². The Balaban J connectivity index is 1.67. The van der Waals surface area contributed by atoms with Gasteiger partial charge in [-0.3, -0.25) is 4.79 Å². The SMILES string of the molecule is COc1ccc(C(=O)N2CCC(n3cc(C(C)(C)C)nn3)CC2)c(OC)n1. The fourth-order valence-corrected chi connectivity index (χ4v) is 3.16. The molecule has 8 heteroatoms. The van der Waals surface area contributed by atoms with Crippen molar-refractivity contribution in [3.05, 3.63) is 29.6 Å². The van der Waals surface area contributed by atoms with Crippen LogP contribution in [0, 0.1) is 0 Å². The van der Waals surface area contributed by atoms with Crippen molar-refractivity contribution in [2.45, 2.75) is 45.1 Å². The van der Waals surface area contributed by atoms with Crippen molar-refractivity contribution in [2.24, 2.45) is 0 Å². The second kappa shape index (κ2) is 7.54. The van der Waals surface area contributed by atoms with Crippen molar-refractivity contribution >= 4 is 5.91 Å². The van der Waals surface area contributed by atoms with Crippen molar-refractivity contribution in [3.63, 3.8) is 0 Å². The average molecular weight is 373 g/mol. The van der Waals surface area contributed by atoms with Gasteiger partial charge in [-0.2, -0.15) is 4.98 Å². The topological polar surface area (TPSA) is 82.4 Å². The van der Waals surface area contributed by atoms with Gasteiger partial charge in [-0.25, -0.2) is 4.68 Å². The van der Waals surface area contributed by atoms with Gasteiger partial charge in [0, 0.05) is 30.8 Å². The lowest BCUT2D eigenvalue weighted by Crippen LogP contribution is -2.39. The molecule has 0 unspecified atom stereocenters. The number of methoxy groups -OCH3 is 2. The monoisotopic (exact) mass is 373 g/mol. The summed E-state index contributed by atoms with van der Waals surface area (Å²) in [5, 5.41) is 8.60. The summed E-state index contributed by atoms with van der Waals surface area (Å²) in [5.41, 5.74) is 1.41. The van der Waals surface area contributed by atoms with Crippen molar-refractivity contribution in [2.75, 3.05) is 27.3 Å². The second-order valence-electron chi connectivity index (χ2n) is 7.77. The first-order chi connectivity index (χ1) is 12.8. The Morgan fingerprint density at radius 1 is 1.15 bits per heavy atom. The van der Waals surface area contributed by atoms with Crippen LogP contribution < -0.4 is 9.47 Å². The summed E-state index contributed by atoms with van der Waals surface area (Å²) in [6.45, 7) is 7.68. The van der Waals surface area contributed by atoms with Crippen LogP contribution in [0.4, 0.5) is 0 Å². The predicted octanol–water partition coefficient (Wildman–Crippen LogP) is 2.47. The molecule has 2 aromatic heterocycles. The molecule has 0 bridgehead atoms. The lowest BCUT2D eigenvalue weighted by atomic mass is 9.93. The second-order valence-corrected chi connectivity index (χ2v) is 7.77.